The second-order valence-electron chi connectivity index (χ2n) is 5.48. The molecule has 0 radical (unpaired) electrons. The lowest BCUT2D eigenvalue weighted by Gasteiger charge is -2.11. The van der Waals surface area contributed by atoms with Gasteiger partial charge in [0.1, 0.15) is 11.3 Å². The molecule has 1 saturated heterocycles. The Balaban J connectivity index is 1.87. The van der Waals surface area contributed by atoms with Crippen molar-refractivity contribution >= 4 is 28.5 Å². The van der Waals surface area contributed by atoms with Crippen LogP contribution in [0.25, 0.3) is 11.0 Å². The first-order valence-corrected chi connectivity index (χ1v) is 7.42. The molecule has 0 bridgehead atoms. The molecule has 2 N–H and O–H groups in total. The van der Waals surface area contributed by atoms with Crippen LogP contribution in [0, 0.1) is 0 Å². The van der Waals surface area contributed by atoms with E-state index in [1.54, 1.807) is 6.07 Å². The van der Waals surface area contributed by atoms with Crippen LogP contribution in [0.5, 0.6) is 0 Å². The Morgan fingerprint density at radius 1 is 1.27 bits per heavy atom. The third-order valence-electron chi connectivity index (χ3n) is 3.95. The fourth-order valence-electron chi connectivity index (χ4n) is 2.87. The molecule has 22 heavy (non-hydrogen) atoms. The number of ether oxygens (including phenoxy) is 1. The average molecular weight is 303 g/mol. The number of fused-ring (bicyclic) bond motifs is 1. The number of esters is 1. The molecule has 6 heteroatoms. The summed E-state index contributed by atoms with van der Waals surface area (Å²) in [4.78, 5) is 25.4. The smallest absolute Gasteiger partial charge is 0.376 e. The van der Waals surface area contributed by atoms with Gasteiger partial charge in [-0.05, 0) is 12.1 Å². The van der Waals surface area contributed by atoms with E-state index in [0.717, 1.165) is 25.9 Å². The van der Waals surface area contributed by atoms with E-state index in [0.29, 0.717) is 23.2 Å². The Labute approximate surface area is 128 Å². The van der Waals surface area contributed by atoms with Crippen molar-refractivity contribution in [2.24, 2.45) is 0 Å². The molecule has 0 atom stereocenters. The van der Waals surface area contributed by atoms with Gasteiger partial charge in [-0.1, -0.05) is 12.1 Å². The average Bonchev–Trinajstić information content (AvgIpc) is 3.15. The number of benzene rings is 1. The summed E-state index contributed by atoms with van der Waals surface area (Å²) in [6.45, 7) is 2.44. The first kappa shape index (κ1) is 14.6. The van der Waals surface area contributed by atoms with Gasteiger partial charge in [-0.2, -0.15) is 0 Å². The van der Waals surface area contributed by atoms with Gasteiger partial charge in [-0.25, -0.2) is 4.79 Å². The number of nitrogens with one attached hydrogen (secondary N) is 2. The second kappa shape index (κ2) is 6.19. The molecule has 1 amide bonds. The van der Waals surface area contributed by atoms with E-state index in [1.807, 2.05) is 18.2 Å². The monoisotopic (exact) mass is 303 g/mol. The molecular formula is C16H19N2O4+. The van der Waals surface area contributed by atoms with E-state index < -0.39 is 5.97 Å². The van der Waals surface area contributed by atoms with Crippen LogP contribution in [0.15, 0.2) is 28.7 Å². The first-order valence-electron chi connectivity index (χ1n) is 7.42. The van der Waals surface area contributed by atoms with Crippen LogP contribution in [-0.2, 0) is 9.53 Å². The van der Waals surface area contributed by atoms with E-state index in [2.05, 4.69) is 5.32 Å². The Morgan fingerprint density at radius 3 is 2.73 bits per heavy atom. The number of hydrogen-bond donors (Lipinski definition) is 2. The maximum Gasteiger partial charge on any atom is 0.376 e. The number of furan rings is 1. The van der Waals surface area contributed by atoms with Crippen LogP contribution in [0.2, 0.25) is 0 Å². The second-order valence-corrected chi connectivity index (χ2v) is 5.48. The highest BCUT2D eigenvalue weighted by molar-refractivity contribution is 6.09. The van der Waals surface area contributed by atoms with E-state index in [1.165, 1.54) is 12.0 Å². The van der Waals surface area contributed by atoms with E-state index in [-0.39, 0.29) is 11.7 Å². The fourth-order valence-corrected chi connectivity index (χ4v) is 2.87. The summed E-state index contributed by atoms with van der Waals surface area (Å²) in [7, 11) is 1.29. The van der Waals surface area contributed by atoms with Gasteiger partial charge >= 0.3 is 5.97 Å². The molecule has 2 aromatic rings. The van der Waals surface area contributed by atoms with Gasteiger partial charge in [-0.3, -0.25) is 4.79 Å². The van der Waals surface area contributed by atoms with Crippen LogP contribution in [-0.4, -0.2) is 38.6 Å². The maximum atomic E-state index is 12.2. The highest BCUT2D eigenvalue weighted by Crippen LogP contribution is 2.31. The molecule has 6 nitrogen and oxygen atoms in total. The molecule has 0 unspecified atom stereocenters. The van der Waals surface area contributed by atoms with Gasteiger partial charge in [0.15, 0.2) is 6.54 Å². The minimum Gasteiger partial charge on any atom is -0.463 e. The number of likely N-dealkylation sites (tertiary alicyclic amines) is 1. The minimum absolute atomic E-state index is 0.0356. The van der Waals surface area contributed by atoms with Crippen LogP contribution >= 0.6 is 0 Å². The van der Waals surface area contributed by atoms with Gasteiger partial charge in [0.2, 0.25) is 5.76 Å². The van der Waals surface area contributed by atoms with Crippen LogP contribution < -0.4 is 10.2 Å². The number of anilines is 1. The zero-order valence-electron chi connectivity index (χ0n) is 12.5. The predicted octanol–water partition coefficient (Wildman–Crippen LogP) is 0.837. The molecule has 1 aromatic heterocycles. The zero-order chi connectivity index (χ0) is 15.5. The number of para-hydroxylation sites is 1. The normalized spacial score (nSPS) is 15.1. The Morgan fingerprint density at radius 2 is 2.00 bits per heavy atom. The molecule has 1 aliphatic rings. The van der Waals surface area contributed by atoms with Crippen molar-refractivity contribution in [3.63, 3.8) is 0 Å². The molecule has 1 fully saturated rings. The summed E-state index contributed by atoms with van der Waals surface area (Å²) in [5, 5.41) is 3.52. The van der Waals surface area contributed by atoms with Crippen molar-refractivity contribution in [2.45, 2.75) is 12.8 Å². The molecule has 2 heterocycles. The van der Waals surface area contributed by atoms with Gasteiger partial charge < -0.3 is 19.4 Å². The fraction of sp³-hybridized carbons (Fsp3) is 0.375. The number of quaternary nitrogens is 1. The standard InChI is InChI=1S/C16H18N2O4/c1-21-16(20)15-14(11-6-2-3-7-12(11)22-15)17-13(19)10-18-8-4-5-9-18/h2-3,6-7H,4-5,8-10H2,1H3,(H,17,19)/p+1. The summed E-state index contributed by atoms with van der Waals surface area (Å²) in [5.74, 6) is -0.679. The minimum atomic E-state index is -0.597. The maximum absolute atomic E-state index is 12.2. The summed E-state index contributed by atoms with van der Waals surface area (Å²) in [6, 6.07) is 7.21. The third kappa shape index (κ3) is 2.82. The third-order valence-corrected chi connectivity index (χ3v) is 3.95. The lowest BCUT2D eigenvalue weighted by Crippen LogP contribution is -3.11. The molecule has 3 rings (SSSR count). The number of carbonyl (C=O) groups is 2. The molecule has 1 aromatic carbocycles. The molecule has 0 saturated carbocycles. The summed E-state index contributed by atoms with van der Waals surface area (Å²) >= 11 is 0. The lowest BCUT2D eigenvalue weighted by molar-refractivity contribution is -0.878. The quantitative estimate of drug-likeness (QED) is 0.821. The van der Waals surface area contributed by atoms with Crippen molar-refractivity contribution in [3.8, 4) is 0 Å². The van der Waals surface area contributed by atoms with Gasteiger partial charge in [0.25, 0.3) is 5.91 Å². The summed E-state index contributed by atoms with van der Waals surface area (Å²) in [5.41, 5.74) is 0.942. The Hall–Kier alpha value is -2.34. The van der Waals surface area contributed by atoms with Crippen LogP contribution in [0.1, 0.15) is 23.4 Å². The van der Waals surface area contributed by atoms with E-state index >= 15 is 0 Å². The van der Waals surface area contributed by atoms with Crippen molar-refractivity contribution in [1.82, 2.24) is 0 Å². The Kier molecular flexibility index (Phi) is 4.11. The number of hydrogen-bond acceptors (Lipinski definition) is 4. The summed E-state index contributed by atoms with van der Waals surface area (Å²) in [6.07, 6.45) is 2.31. The van der Waals surface area contributed by atoms with Gasteiger partial charge in [0.05, 0.1) is 20.2 Å². The largest absolute Gasteiger partial charge is 0.463 e. The molecule has 0 spiro atoms. The van der Waals surface area contributed by atoms with Gasteiger partial charge in [-0.15, -0.1) is 0 Å². The number of rotatable bonds is 4. The lowest BCUT2D eigenvalue weighted by atomic mass is 10.2. The van der Waals surface area contributed by atoms with Crippen molar-refractivity contribution in [2.75, 3.05) is 32.1 Å². The number of methoxy groups -OCH3 is 1. The molecule has 0 aliphatic carbocycles. The van der Waals surface area contributed by atoms with Gasteiger partial charge in [0, 0.05) is 18.2 Å². The topological polar surface area (TPSA) is 73.0 Å². The number of carbonyl (C=O) groups excluding carboxylic acids is 2. The first-order chi connectivity index (χ1) is 10.7. The molecular weight excluding hydrogens is 284 g/mol. The SMILES string of the molecule is COC(=O)c1oc2ccccc2c1NC(=O)C[NH+]1CCCC1. The highest BCUT2D eigenvalue weighted by Gasteiger charge is 2.25. The van der Waals surface area contributed by atoms with E-state index in [4.69, 9.17) is 9.15 Å². The highest BCUT2D eigenvalue weighted by atomic mass is 16.5. The zero-order valence-corrected chi connectivity index (χ0v) is 12.5. The Bertz CT molecular complexity index is 701. The van der Waals surface area contributed by atoms with Crippen molar-refractivity contribution in [1.29, 1.82) is 0 Å². The summed E-state index contributed by atoms with van der Waals surface area (Å²) < 4.78 is 10.3. The number of amides is 1. The van der Waals surface area contributed by atoms with Crippen molar-refractivity contribution in [3.05, 3.63) is 30.0 Å². The molecule has 116 valence electrons. The van der Waals surface area contributed by atoms with Crippen molar-refractivity contribution < 1.29 is 23.6 Å². The van der Waals surface area contributed by atoms with Crippen LogP contribution in [0.4, 0.5) is 5.69 Å². The molecule has 1 aliphatic heterocycles. The predicted molar refractivity (Wildman–Crippen MR) is 81.0 cm³/mol. The van der Waals surface area contributed by atoms with E-state index in [9.17, 15) is 9.59 Å². The van der Waals surface area contributed by atoms with Crippen LogP contribution in [0.3, 0.4) is 0 Å².